The van der Waals surface area contributed by atoms with Crippen LogP contribution in [0.5, 0.6) is 0 Å². The number of aromatic nitrogens is 3. The second kappa shape index (κ2) is 4.85. The van der Waals surface area contributed by atoms with Gasteiger partial charge in [-0.05, 0) is 31.2 Å². The van der Waals surface area contributed by atoms with E-state index >= 15 is 0 Å². The summed E-state index contributed by atoms with van der Waals surface area (Å²) in [5, 5.41) is 4.45. The molecule has 3 N–H and O–H groups in total. The fraction of sp³-hybridized carbons (Fsp3) is 0.200. The molecule has 0 bridgehead atoms. The van der Waals surface area contributed by atoms with Crippen LogP contribution in [0.4, 0.5) is 11.4 Å². The molecule has 0 amide bonds. The first-order valence-electron chi connectivity index (χ1n) is 6.50. The molecule has 2 heterocycles. The maximum Gasteiger partial charge on any atom is 0.127 e. The van der Waals surface area contributed by atoms with Crippen molar-refractivity contribution in [1.29, 1.82) is 0 Å². The molecule has 102 valence electrons. The summed E-state index contributed by atoms with van der Waals surface area (Å²) in [5.74, 6) is 0.983. The number of rotatable bonds is 3. The standard InChI is InChI=1S/C15H17N5/c1-10-7-14(18-9-15-17-5-6-20(15)2)12-8-11(16)3-4-13(12)19-10/h3-8H,9,16H2,1-2H3,(H,18,19). The van der Waals surface area contributed by atoms with E-state index in [1.165, 1.54) is 0 Å². The van der Waals surface area contributed by atoms with Crippen molar-refractivity contribution in [2.45, 2.75) is 13.5 Å². The summed E-state index contributed by atoms with van der Waals surface area (Å²) in [6.45, 7) is 2.65. The van der Waals surface area contributed by atoms with Crippen LogP contribution in [0.3, 0.4) is 0 Å². The van der Waals surface area contributed by atoms with E-state index in [0.29, 0.717) is 6.54 Å². The first-order valence-corrected chi connectivity index (χ1v) is 6.50. The zero-order valence-electron chi connectivity index (χ0n) is 11.6. The first-order chi connectivity index (χ1) is 9.63. The Balaban J connectivity index is 1.98. The van der Waals surface area contributed by atoms with Gasteiger partial charge in [-0.15, -0.1) is 0 Å². The lowest BCUT2D eigenvalue weighted by Crippen LogP contribution is -2.06. The molecule has 0 unspecified atom stereocenters. The molecule has 0 fully saturated rings. The summed E-state index contributed by atoms with van der Waals surface area (Å²) in [5.41, 5.74) is 9.57. The Hall–Kier alpha value is -2.56. The van der Waals surface area contributed by atoms with Gasteiger partial charge in [0, 0.05) is 41.9 Å². The predicted molar refractivity (Wildman–Crippen MR) is 81.4 cm³/mol. The van der Waals surface area contributed by atoms with E-state index in [1.54, 1.807) is 6.20 Å². The third kappa shape index (κ3) is 2.30. The van der Waals surface area contributed by atoms with Crippen molar-refractivity contribution in [2.24, 2.45) is 7.05 Å². The summed E-state index contributed by atoms with van der Waals surface area (Å²) in [6, 6.07) is 7.80. The highest BCUT2D eigenvalue weighted by atomic mass is 15.1. The number of hydrogen-bond acceptors (Lipinski definition) is 4. The van der Waals surface area contributed by atoms with E-state index in [0.717, 1.165) is 33.8 Å². The summed E-state index contributed by atoms with van der Waals surface area (Å²) in [7, 11) is 1.98. The van der Waals surface area contributed by atoms with Crippen molar-refractivity contribution in [3.05, 3.63) is 48.2 Å². The number of nitrogens with two attached hydrogens (primary N) is 1. The number of nitrogen functional groups attached to an aromatic ring is 1. The summed E-state index contributed by atoms with van der Waals surface area (Å²) >= 11 is 0. The van der Waals surface area contributed by atoms with Crippen molar-refractivity contribution < 1.29 is 0 Å². The molecule has 3 rings (SSSR count). The molecule has 0 saturated carbocycles. The fourth-order valence-corrected chi connectivity index (χ4v) is 2.26. The highest BCUT2D eigenvalue weighted by molar-refractivity contribution is 5.93. The van der Waals surface area contributed by atoms with Crippen molar-refractivity contribution in [3.8, 4) is 0 Å². The van der Waals surface area contributed by atoms with Crippen LogP contribution in [0.25, 0.3) is 10.9 Å². The molecule has 20 heavy (non-hydrogen) atoms. The molecule has 0 aliphatic heterocycles. The van der Waals surface area contributed by atoms with E-state index in [9.17, 15) is 0 Å². The molecule has 5 heteroatoms. The first kappa shape index (κ1) is 12.5. The molecule has 5 nitrogen and oxygen atoms in total. The van der Waals surface area contributed by atoms with Gasteiger partial charge in [0.25, 0.3) is 0 Å². The Morgan fingerprint density at radius 2 is 2.15 bits per heavy atom. The Labute approximate surface area is 117 Å². The minimum Gasteiger partial charge on any atom is -0.399 e. The predicted octanol–water partition coefficient (Wildman–Crippen LogP) is 2.47. The molecule has 1 aromatic carbocycles. The van der Waals surface area contributed by atoms with Crippen molar-refractivity contribution in [1.82, 2.24) is 14.5 Å². The lowest BCUT2D eigenvalue weighted by Gasteiger charge is -2.11. The zero-order chi connectivity index (χ0) is 14.1. The number of hydrogen-bond donors (Lipinski definition) is 2. The van der Waals surface area contributed by atoms with Gasteiger partial charge in [-0.1, -0.05) is 0 Å². The van der Waals surface area contributed by atoms with Crippen LogP contribution in [-0.2, 0) is 13.6 Å². The number of imidazole rings is 1. The average molecular weight is 267 g/mol. The highest BCUT2D eigenvalue weighted by Gasteiger charge is 2.06. The fourth-order valence-electron chi connectivity index (χ4n) is 2.26. The topological polar surface area (TPSA) is 68.8 Å². The number of nitrogens with zero attached hydrogens (tertiary/aromatic N) is 3. The van der Waals surface area contributed by atoms with Gasteiger partial charge in [0.1, 0.15) is 5.82 Å². The molecule has 2 aromatic heterocycles. The second-order valence-electron chi connectivity index (χ2n) is 4.90. The molecule has 0 atom stereocenters. The van der Waals surface area contributed by atoms with Gasteiger partial charge in [-0.25, -0.2) is 4.98 Å². The zero-order valence-corrected chi connectivity index (χ0v) is 11.6. The van der Waals surface area contributed by atoms with Gasteiger partial charge < -0.3 is 15.6 Å². The van der Waals surface area contributed by atoms with Crippen molar-refractivity contribution in [3.63, 3.8) is 0 Å². The van der Waals surface area contributed by atoms with Gasteiger partial charge in [-0.2, -0.15) is 0 Å². The molecule has 0 saturated heterocycles. The van der Waals surface area contributed by atoms with Crippen molar-refractivity contribution in [2.75, 3.05) is 11.1 Å². The Morgan fingerprint density at radius 1 is 1.30 bits per heavy atom. The smallest absolute Gasteiger partial charge is 0.127 e. The van der Waals surface area contributed by atoms with Gasteiger partial charge in [-0.3, -0.25) is 4.98 Å². The van der Waals surface area contributed by atoms with E-state index in [2.05, 4.69) is 15.3 Å². The molecule has 0 radical (unpaired) electrons. The average Bonchev–Trinajstić information content (AvgIpc) is 2.82. The van der Waals surface area contributed by atoms with Crippen LogP contribution < -0.4 is 11.1 Å². The maximum absolute atomic E-state index is 5.87. The third-order valence-corrected chi connectivity index (χ3v) is 3.32. The molecular weight excluding hydrogens is 250 g/mol. The van der Waals surface area contributed by atoms with Crippen molar-refractivity contribution >= 4 is 22.3 Å². The summed E-state index contributed by atoms with van der Waals surface area (Å²) < 4.78 is 2.00. The maximum atomic E-state index is 5.87. The number of benzene rings is 1. The van der Waals surface area contributed by atoms with E-state index < -0.39 is 0 Å². The van der Waals surface area contributed by atoms with E-state index in [4.69, 9.17) is 5.73 Å². The van der Waals surface area contributed by atoms with Gasteiger partial charge in [0.05, 0.1) is 12.1 Å². The third-order valence-electron chi connectivity index (χ3n) is 3.32. The van der Waals surface area contributed by atoms with Crippen LogP contribution in [0.1, 0.15) is 11.5 Å². The number of fused-ring (bicyclic) bond motifs is 1. The Bertz CT molecular complexity index is 760. The summed E-state index contributed by atoms with van der Waals surface area (Å²) in [6.07, 6.45) is 3.73. The number of aryl methyl sites for hydroxylation is 2. The lowest BCUT2D eigenvalue weighted by atomic mass is 10.1. The Kier molecular flexibility index (Phi) is 3.02. The molecule has 0 aliphatic carbocycles. The lowest BCUT2D eigenvalue weighted by molar-refractivity contribution is 0.813. The van der Waals surface area contributed by atoms with E-state index in [-0.39, 0.29) is 0 Å². The Morgan fingerprint density at radius 3 is 2.90 bits per heavy atom. The van der Waals surface area contributed by atoms with Gasteiger partial charge >= 0.3 is 0 Å². The van der Waals surface area contributed by atoms with Crippen LogP contribution in [0.2, 0.25) is 0 Å². The SMILES string of the molecule is Cc1cc(NCc2nccn2C)c2cc(N)ccc2n1. The van der Waals surface area contributed by atoms with Gasteiger partial charge in [0.15, 0.2) is 0 Å². The van der Waals surface area contributed by atoms with Crippen LogP contribution in [0, 0.1) is 6.92 Å². The largest absolute Gasteiger partial charge is 0.399 e. The molecule has 0 aliphatic rings. The van der Waals surface area contributed by atoms with Gasteiger partial charge in [0.2, 0.25) is 0 Å². The summed E-state index contributed by atoms with van der Waals surface area (Å²) in [4.78, 5) is 8.83. The van der Waals surface area contributed by atoms with Crippen LogP contribution in [-0.4, -0.2) is 14.5 Å². The molecule has 3 aromatic rings. The highest BCUT2D eigenvalue weighted by Crippen LogP contribution is 2.25. The molecular formula is C15H17N5. The quantitative estimate of drug-likeness (QED) is 0.715. The van der Waals surface area contributed by atoms with Crippen LogP contribution in [0.15, 0.2) is 36.7 Å². The minimum atomic E-state index is 0.664. The number of nitrogens with one attached hydrogen (secondary N) is 1. The minimum absolute atomic E-state index is 0.664. The second-order valence-corrected chi connectivity index (χ2v) is 4.90. The normalized spacial score (nSPS) is 10.9. The van der Waals surface area contributed by atoms with Crippen LogP contribution >= 0.6 is 0 Å². The number of anilines is 2. The van der Waals surface area contributed by atoms with E-state index in [1.807, 2.05) is 49.0 Å². The monoisotopic (exact) mass is 267 g/mol. The molecule has 0 spiro atoms. The number of pyridine rings is 1.